The van der Waals surface area contributed by atoms with E-state index >= 15 is 0 Å². The molecular formula is C21H25N3O4S. The number of esters is 1. The number of benzene rings is 2. The van der Waals surface area contributed by atoms with Gasteiger partial charge in [0.1, 0.15) is 5.75 Å². The van der Waals surface area contributed by atoms with Gasteiger partial charge in [0.2, 0.25) is 0 Å². The molecule has 3 rings (SSSR count). The zero-order chi connectivity index (χ0) is 21.1. The van der Waals surface area contributed by atoms with Crippen LogP contribution in [0.4, 0.5) is 21.9 Å². The third-order valence-electron chi connectivity index (χ3n) is 4.47. The Morgan fingerprint density at radius 2 is 1.86 bits per heavy atom. The first kappa shape index (κ1) is 20.9. The predicted molar refractivity (Wildman–Crippen MR) is 116 cm³/mol. The molecule has 0 unspecified atom stereocenters. The summed E-state index contributed by atoms with van der Waals surface area (Å²) in [5.74, 6) is 0.0877. The summed E-state index contributed by atoms with van der Waals surface area (Å²) in [5.41, 5.74) is 2.60. The highest BCUT2D eigenvalue weighted by Gasteiger charge is 2.31. The first-order valence-electron chi connectivity index (χ1n) is 9.32. The summed E-state index contributed by atoms with van der Waals surface area (Å²) in [6.45, 7) is 3.69. The Balaban J connectivity index is 1.81. The summed E-state index contributed by atoms with van der Waals surface area (Å²) in [7, 11) is 5.67. The molecule has 0 saturated heterocycles. The number of anilines is 3. The Labute approximate surface area is 175 Å². The maximum Gasteiger partial charge on any atom is 0.347 e. The molecule has 0 bridgehead atoms. The molecule has 0 saturated carbocycles. The van der Waals surface area contributed by atoms with Crippen LogP contribution >= 0.6 is 11.9 Å². The van der Waals surface area contributed by atoms with Crippen molar-refractivity contribution < 1.29 is 19.1 Å². The number of hydrogen-bond acceptors (Lipinski definition) is 6. The predicted octanol–water partition coefficient (Wildman–Crippen LogP) is 4.17. The fraction of sp³-hybridized carbons (Fsp3) is 0.333. The van der Waals surface area contributed by atoms with Gasteiger partial charge in [0, 0.05) is 32.9 Å². The summed E-state index contributed by atoms with van der Waals surface area (Å²) >= 11 is 1.36. The SMILES string of the molecule is CCOC(=O)[C@@H](C)Oc1ccc2c(c1)N(C)C(=O)N(c1ccc(N(C)C)cc1)S2. The van der Waals surface area contributed by atoms with Gasteiger partial charge in [-0.15, -0.1) is 0 Å². The van der Waals surface area contributed by atoms with Crippen LogP contribution in [-0.4, -0.2) is 45.9 Å². The number of hydrogen-bond donors (Lipinski definition) is 0. The molecular weight excluding hydrogens is 390 g/mol. The van der Waals surface area contributed by atoms with Crippen molar-refractivity contribution in [1.29, 1.82) is 0 Å². The lowest BCUT2D eigenvalue weighted by Gasteiger charge is -2.34. The summed E-state index contributed by atoms with van der Waals surface area (Å²) in [5, 5.41) is 0. The lowest BCUT2D eigenvalue weighted by atomic mass is 10.2. The Bertz CT molecular complexity index is 901. The van der Waals surface area contributed by atoms with Crippen LogP contribution in [0.3, 0.4) is 0 Å². The topological polar surface area (TPSA) is 62.3 Å². The second-order valence-electron chi connectivity index (χ2n) is 6.78. The van der Waals surface area contributed by atoms with E-state index in [0.29, 0.717) is 12.4 Å². The van der Waals surface area contributed by atoms with Gasteiger partial charge in [-0.05, 0) is 62.2 Å². The van der Waals surface area contributed by atoms with E-state index in [0.717, 1.165) is 22.0 Å². The Morgan fingerprint density at radius 1 is 1.17 bits per heavy atom. The van der Waals surface area contributed by atoms with Crippen LogP contribution in [0, 0.1) is 0 Å². The van der Waals surface area contributed by atoms with Crippen molar-refractivity contribution in [2.45, 2.75) is 24.8 Å². The standard InChI is InChI=1S/C21H25N3O4S/c1-6-27-20(25)14(2)28-17-11-12-19-18(13-17)23(5)21(26)24(29-19)16-9-7-15(8-10-16)22(3)4/h7-14H,6H2,1-5H3/t14-/m1/s1. The van der Waals surface area contributed by atoms with Gasteiger partial charge >= 0.3 is 12.0 Å². The van der Waals surface area contributed by atoms with Gasteiger partial charge < -0.3 is 14.4 Å². The lowest BCUT2D eigenvalue weighted by Crippen LogP contribution is -2.40. The molecule has 0 radical (unpaired) electrons. The Hall–Kier alpha value is -2.87. The molecule has 0 aliphatic carbocycles. The second-order valence-corrected chi connectivity index (χ2v) is 7.77. The van der Waals surface area contributed by atoms with E-state index in [2.05, 4.69) is 0 Å². The molecule has 1 atom stereocenters. The normalized spacial score (nSPS) is 14.3. The fourth-order valence-electron chi connectivity index (χ4n) is 2.85. The molecule has 1 aliphatic rings. The highest BCUT2D eigenvalue weighted by atomic mass is 32.2. The highest BCUT2D eigenvalue weighted by Crippen LogP contribution is 2.42. The van der Waals surface area contributed by atoms with Crippen LogP contribution in [0.5, 0.6) is 5.75 Å². The van der Waals surface area contributed by atoms with Crippen molar-refractivity contribution in [3.05, 3.63) is 42.5 Å². The molecule has 2 amide bonds. The minimum absolute atomic E-state index is 0.157. The van der Waals surface area contributed by atoms with E-state index < -0.39 is 12.1 Å². The Morgan fingerprint density at radius 3 is 2.48 bits per heavy atom. The molecule has 0 fully saturated rings. The molecule has 0 spiro atoms. The van der Waals surface area contributed by atoms with Gasteiger partial charge in [0.25, 0.3) is 0 Å². The number of nitrogens with zero attached hydrogens (tertiary/aromatic N) is 3. The smallest absolute Gasteiger partial charge is 0.347 e. The van der Waals surface area contributed by atoms with Gasteiger partial charge in [-0.2, -0.15) is 0 Å². The first-order valence-corrected chi connectivity index (χ1v) is 10.1. The third kappa shape index (κ3) is 4.42. The molecule has 8 heteroatoms. The number of rotatable bonds is 6. The van der Waals surface area contributed by atoms with Crippen molar-refractivity contribution in [1.82, 2.24) is 0 Å². The van der Waals surface area contributed by atoms with Crippen molar-refractivity contribution >= 4 is 41.0 Å². The average Bonchev–Trinajstić information content (AvgIpc) is 2.71. The van der Waals surface area contributed by atoms with E-state index in [1.807, 2.05) is 49.3 Å². The molecule has 154 valence electrons. The largest absolute Gasteiger partial charge is 0.479 e. The van der Waals surface area contributed by atoms with E-state index in [1.54, 1.807) is 42.2 Å². The van der Waals surface area contributed by atoms with Crippen LogP contribution in [-0.2, 0) is 9.53 Å². The van der Waals surface area contributed by atoms with E-state index in [4.69, 9.17) is 9.47 Å². The quantitative estimate of drug-likeness (QED) is 0.521. The summed E-state index contributed by atoms with van der Waals surface area (Å²) < 4.78 is 12.3. The highest BCUT2D eigenvalue weighted by molar-refractivity contribution is 8.01. The maximum absolute atomic E-state index is 12.9. The van der Waals surface area contributed by atoms with Gasteiger partial charge in [0.15, 0.2) is 6.10 Å². The summed E-state index contributed by atoms with van der Waals surface area (Å²) in [6, 6.07) is 13.1. The van der Waals surface area contributed by atoms with E-state index in [-0.39, 0.29) is 6.03 Å². The molecule has 7 nitrogen and oxygen atoms in total. The minimum Gasteiger partial charge on any atom is -0.479 e. The molecule has 0 N–H and O–H groups in total. The molecule has 2 aromatic rings. The van der Waals surface area contributed by atoms with Crippen LogP contribution in [0.2, 0.25) is 0 Å². The molecule has 2 aromatic carbocycles. The van der Waals surface area contributed by atoms with E-state index in [1.165, 1.54) is 11.9 Å². The number of urea groups is 1. The Kier molecular flexibility index (Phi) is 6.22. The van der Waals surface area contributed by atoms with Crippen LogP contribution in [0.15, 0.2) is 47.4 Å². The molecule has 1 aliphatic heterocycles. The monoisotopic (exact) mass is 415 g/mol. The molecule has 0 aromatic heterocycles. The van der Waals surface area contributed by atoms with E-state index in [9.17, 15) is 9.59 Å². The van der Waals surface area contributed by atoms with Crippen LogP contribution < -0.4 is 18.8 Å². The van der Waals surface area contributed by atoms with Gasteiger partial charge in [-0.25, -0.2) is 13.9 Å². The number of ether oxygens (including phenoxy) is 2. The number of carbonyl (C=O) groups excluding carboxylic acids is 2. The van der Waals surface area contributed by atoms with Crippen molar-refractivity contribution in [3.63, 3.8) is 0 Å². The summed E-state index contributed by atoms with van der Waals surface area (Å²) in [6.07, 6.45) is -0.725. The zero-order valence-corrected chi connectivity index (χ0v) is 18.0. The first-order chi connectivity index (χ1) is 13.8. The second kappa shape index (κ2) is 8.65. The number of amides is 2. The van der Waals surface area contributed by atoms with Gasteiger partial charge in [-0.3, -0.25) is 4.90 Å². The third-order valence-corrected chi connectivity index (χ3v) is 5.57. The fourth-order valence-corrected chi connectivity index (χ4v) is 3.89. The minimum atomic E-state index is -0.725. The van der Waals surface area contributed by atoms with Crippen LogP contribution in [0.1, 0.15) is 13.8 Å². The lowest BCUT2D eigenvalue weighted by molar-refractivity contribution is -0.150. The number of carbonyl (C=O) groups is 2. The average molecular weight is 416 g/mol. The van der Waals surface area contributed by atoms with Crippen molar-refractivity contribution in [3.8, 4) is 5.75 Å². The number of fused-ring (bicyclic) bond motifs is 1. The maximum atomic E-state index is 12.9. The van der Waals surface area contributed by atoms with Gasteiger partial charge in [-0.1, -0.05) is 0 Å². The zero-order valence-electron chi connectivity index (χ0n) is 17.2. The van der Waals surface area contributed by atoms with Crippen LogP contribution in [0.25, 0.3) is 0 Å². The van der Waals surface area contributed by atoms with Crippen molar-refractivity contribution in [2.75, 3.05) is 41.9 Å². The summed E-state index contributed by atoms with van der Waals surface area (Å²) in [4.78, 5) is 29.2. The molecule has 29 heavy (non-hydrogen) atoms. The molecule has 1 heterocycles. The van der Waals surface area contributed by atoms with Gasteiger partial charge in [0.05, 0.1) is 22.9 Å². The van der Waals surface area contributed by atoms with Crippen molar-refractivity contribution in [2.24, 2.45) is 0 Å².